The lowest BCUT2D eigenvalue weighted by Gasteiger charge is -2.11. The molecule has 3 aromatic rings. The molecule has 3 nitrogen and oxygen atoms in total. The minimum absolute atomic E-state index is 0.234. The van der Waals surface area contributed by atoms with Crippen LogP contribution in [0.4, 0.5) is 0 Å². The van der Waals surface area contributed by atoms with Gasteiger partial charge in [-0.25, -0.2) is 0 Å². The van der Waals surface area contributed by atoms with Crippen LogP contribution in [0.3, 0.4) is 0 Å². The van der Waals surface area contributed by atoms with Crippen LogP contribution in [0.2, 0.25) is 0 Å². The van der Waals surface area contributed by atoms with Crippen molar-refractivity contribution in [3.8, 4) is 0 Å². The molecule has 4 heteroatoms. The van der Waals surface area contributed by atoms with Crippen LogP contribution in [0.5, 0.6) is 0 Å². The van der Waals surface area contributed by atoms with Crippen molar-refractivity contribution >= 4 is 27.3 Å². The van der Waals surface area contributed by atoms with Crippen molar-refractivity contribution in [2.45, 2.75) is 78.8 Å². The molecule has 0 N–H and O–H groups in total. The van der Waals surface area contributed by atoms with Crippen LogP contribution in [0.15, 0.2) is 17.5 Å². The summed E-state index contributed by atoms with van der Waals surface area (Å²) in [5, 5.41) is 3.33. The minimum Gasteiger partial charge on any atom is -0.348 e. The second-order valence-electron chi connectivity index (χ2n) is 7.79. The second-order valence-corrected chi connectivity index (χ2v) is 8.68. The van der Waals surface area contributed by atoms with Gasteiger partial charge in [-0.1, -0.05) is 20.3 Å². The maximum absolute atomic E-state index is 13.8. The molecular formula is C23H30N2OS. The summed E-state index contributed by atoms with van der Waals surface area (Å²) < 4.78 is 4.70. The molecule has 0 atom stereocenters. The SMILES string of the molecule is CCCn1c(C)c(C(=O)c2cc3ccsc3n2CCC)c2c1CCCCC2. The summed E-state index contributed by atoms with van der Waals surface area (Å²) in [5.74, 6) is 0.234. The second kappa shape index (κ2) is 7.67. The van der Waals surface area contributed by atoms with E-state index in [0.29, 0.717) is 0 Å². The third-order valence-electron chi connectivity index (χ3n) is 5.94. The summed E-state index contributed by atoms with van der Waals surface area (Å²) in [4.78, 5) is 15.0. The van der Waals surface area contributed by atoms with Gasteiger partial charge in [-0.3, -0.25) is 4.79 Å². The van der Waals surface area contributed by atoms with Crippen molar-refractivity contribution < 1.29 is 4.79 Å². The van der Waals surface area contributed by atoms with Gasteiger partial charge in [0.15, 0.2) is 0 Å². The van der Waals surface area contributed by atoms with Gasteiger partial charge in [0.1, 0.15) is 4.83 Å². The molecule has 144 valence electrons. The summed E-state index contributed by atoms with van der Waals surface area (Å²) in [6.07, 6.45) is 8.04. The van der Waals surface area contributed by atoms with Crippen LogP contribution >= 0.6 is 11.3 Å². The van der Waals surface area contributed by atoms with E-state index in [0.717, 1.165) is 50.0 Å². The Hall–Kier alpha value is -1.81. The average molecular weight is 383 g/mol. The van der Waals surface area contributed by atoms with Crippen molar-refractivity contribution in [3.05, 3.63) is 45.7 Å². The first-order chi connectivity index (χ1) is 13.2. The number of carbonyl (C=O) groups is 1. The Morgan fingerprint density at radius 1 is 1.07 bits per heavy atom. The van der Waals surface area contributed by atoms with Gasteiger partial charge in [0, 0.05) is 35.4 Å². The molecule has 0 spiro atoms. The number of ketones is 1. The van der Waals surface area contributed by atoms with Gasteiger partial charge < -0.3 is 9.13 Å². The molecule has 1 aliphatic rings. The third kappa shape index (κ3) is 3.08. The molecule has 3 aromatic heterocycles. The standard InChI is InChI=1S/C23H30N2OS/c1-4-12-24-16(3)21(18-9-7-6-8-10-19(18)24)22(26)20-15-17-11-14-27-23(17)25(20)13-5-2/h11,14-15H,4-10,12-13H2,1-3H3. The number of thiophene rings is 1. The van der Waals surface area contributed by atoms with Crippen molar-refractivity contribution in [1.29, 1.82) is 0 Å². The van der Waals surface area contributed by atoms with E-state index in [-0.39, 0.29) is 5.78 Å². The van der Waals surface area contributed by atoms with E-state index >= 15 is 0 Å². The highest BCUT2D eigenvalue weighted by Crippen LogP contribution is 2.33. The fraction of sp³-hybridized carbons (Fsp3) is 0.522. The Kier molecular flexibility index (Phi) is 5.27. The number of rotatable bonds is 6. The van der Waals surface area contributed by atoms with Crippen LogP contribution in [-0.2, 0) is 25.9 Å². The lowest BCUT2D eigenvalue weighted by Crippen LogP contribution is -2.12. The molecule has 0 amide bonds. The molecule has 0 saturated carbocycles. The Morgan fingerprint density at radius 2 is 1.81 bits per heavy atom. The number of hydrogen-bond acceptors (Lipinski definition) is 2. The molecule has 0 radical (unpaired) electrons. The summed E-state index contributed by atoms with van der Waals surface area (Å²) in [6, 6.07) is 4.25. The molecule has 0 fully saturated rings. The summed E-state index contributed by atoms with van der Waals surface area (Å²) >= 11 is 1.74. The quantitative estimate of drug-likeness (QED) is 0.372. The number of hydrogen-bond donors (Lipinski definition) is 0. The predicted octanol–water partition coefficient (Wildman–Crippen LogP) is 6.13. The van der Waals surface area contributed by atoms with Gasteiger partial charge in [-0.05, 0) is 68.5 Å². The van der Waals surface area contributed by atoms with Gasteiger partial charge in [0.2, 0.25) is 5.78 Å². The summed E-state index contributed by atoms with van der Waals surface area (Å²) in [6.45, 7) is 8.49. The highest BCUT2D eigenvalue weighted by molar-refractivity contribution is 7.16. The van der Waals surface area contributed by atoms with Crippen molar-refractivity contribution in [2.24, 2.45) is 0 Å². The summed E-state index contributed by atoms with van der Waals surface area (Å²) in [7, 11) is 0. The minimum atomic E-state index is 0.234. The molecule has 27 heavy (non-hydrogen) atoms. The fourth-order valence-corrected chi connectivity index (χ4v) is 5.68. The zero-order valence-corrected chi connectivity index (χ0v) is 17.6. The molecule has 0 aliphatic heterocycles. The first-order valence-electron chi connectivity index (χ1n) is 10.5. The van der Waals surface area contributed by atoms with E-state index in [2.05, 4.69) is 47.4 Å². The molecule has 0 unspecified atom stereocenters. The third-order valence-corrected chi connectivity index (χ3v) is 6.89. The Bertz CT molecular complexity index is 972. The number of aromatic nitrogens is 2. The van der Waals surface area contributed by atoms with E-state index in [1.54, 1.807) is 11.3 Å². The van der Waals surface area contributed by atoms with E-state index in [1.807, 2.05) is 0 Å². The van der Waals surface area contributed by atoms with Crippen molar-refractivity contribution in [2.75, 3.05) is 0 Å². The van der Waals surface area contributed by atoms with Crippen LogP contribution in [0.1, 0.15) is 79.0 Å². The molecule has 0 saturated heterocycles. The average Bonchev–Trinajstić information content (AvgIpc) is 3.24. The van der Waals surface area contributed by atoms with Crippen molar-refractivity contribution in [3.63, 3.8) is 0 Å². The van der Waals surface area contributed by atoms with Crippen LogP contribution in [-0.4, -0.2) is 14.9 Å². The Morgan fingerprint density at radius 3 is 2.59 bits per heavy atom. The number of nitrogens with zero attached hydrogens (tertiary/aromatic N) is 2. The lowest BCUT2D eigenvalue weighted by atomic mass is 9.99. The van der Waals surface area contributed by atoms with Crippen LogP contribution in [0.25, 0.3) is 10.2 Å². The van der Waals surface area contributed by atoms with E-state index in [4.69, 9.17) is 0 Å². The summed E-state index contributed by atoms with van der Waals surface area (Å²) in [5.41, 5.74) is 5.84. The Balaban J connectivity index is 1.87. The lowest BCUT2D eigenvalue weighted by molar-refractivity contribution is 0.102. The fourth-order valence-electron chi connectivity index (χ4n) is 4.75. The topological polar surface area (TPSA) is 26.9 Å². The van der Waals surface area contributed by atoms with Gasteiger partial charge in [-0.15, -0.1) is 11.3 Å². The first-order valence-corrected chi connectivity index (χ1v) is 11.4. The van der Waals surface area contributed by atoms with E-state index < -0.39 is 0 Å². The smallest absolute Gasteiger partial charge is 0.211 e. The maximum Gasteiger partial charge on any atom is 0.211 e. The van der Waals surface area contributed by atoms with Gasteiger partial charge in [0.05, 0.1) is 5.69 Å². The Labute approximate surface area is 166 Å². The molecular weight excluding hydrogens is 352 g/mol. The van der Waals surface area contributed by atoms with Gasteiger partial charge in [-0.2, -0.15) is 0 Å². The molecule has 0 bridgehead atoms. The predicted molar refractivity (Wildman–Crippen MR) is 114 cm³/mol. The van der Waals surface area contributed by atoms with Crippen molar-refractivity contribution in [1.82, 2.24) is 9.13 Å². The number of fused-ring (bicyclic) bond motifs is 2. The number of carbonyl (C=O) groups excluding carboxylic acids is 1. The van der Waals surface area contributed by atoms with Crippen LogP contribution < -0.4 is 0 Å². The van der Waals surface area contributed by atoms with Gasteiger partial charge in [0.25, 0.3) is 0 Å². The zero-order valence-electron chi connectivity index (χ0n) is 16.8. The largest absolute Gasteiger partial charge is 0.348 e. The van der Waals surface area contributed by atoms with Crippen LogP contribution in [0, 0.1) is 6.92 Å². The molecule has 3 heterocycles. The molecule has 0 aromatic carbocycles. The van der Waals surface area contributed by atoms with Gasteiger partial charge >= 0.3 is 0 Å². The highest BCUT2D eigenvalue weighted by atomic mass is 32.1. The highest BCUT2D eigenvalue weighted by Gasteiger charge is 2.28. The molecule has 1 aliphatic carbocycles. The zero-order chi connectivity index (χ0) is 19.0. The molecule has 4 rings (SSSR count). The monoisotopic (exact) mass is 382 g/mol. The van der Waals surface area contributed by atoms with E-state index in [1.165, 1.54) is 46.4 Å². The normalized spacial score (nSPS) is 14.5. The first kappa shape index (κ1) is 18.5. The van der Waals surface area contributed by atoms with E-state index in [9.17, 15) is 4.79 Å². The maximum atomic E-state index is 13.8. The number of aryl methyl sites for hydroxylation is 1.